The van der Waals surface area contributed by atoms with Gasteiger partial charge in [0.1, 0.15) is 5.69 Å². The Morgan fingerprint density at radius 2 is 1.71 bits per heavy atom. The molecule has 0 radical (unpaired) electrons. The number of piperidine rings is 1. The summed E-state index contributed by atoms with van der Waals surface area (Å²) < 4.78 is 1.75. The Kier molecular flexibility index (Phi) is 8.61. The fraction of sp³-hybridized carbons (Fsp3) is 0.296. The lowest BCUT2D eigenvalue weighted by Crippen LogP contribution is -2.32. The molecule has 0 unspecified atom stereocenters. The molecular formula is C27H27N9O2. The average Bonchev–Trinajstić information content (AvgIpc) is 3.42. The monoisotopic (exact) mass is 509 g/mol. The molecule has 1 aromatic carbocycles. The van der Waals surface area contributed by atoms with Crippen molar-refractivity contribution in [3.05, 3.63) is 71.7 Å². The van der Waals surface area contributed by atoms with E-state index in [2.05, 4.69) is 50.3 Å². The van der Waals surface area contributed by atoms with Gasteiger partial charge in [-0.2, -0.15) is 14.9 Å². The third-order valence-electron chi connectivity index (χ3n) is 6.35. The molecule has 192 valence electrons. The fourth-order valence-electron chi connectivity index (χ4n) is 4.46. The van der Waals surface area contributed by atoms with Gasteiger partial charge in [0.15, 0.2) is 0 Å². The molecule has 0 bridgehead atoms. The van der Waals surface area contributed by atoms with Crippen LogP contribution in [0.3, 0.4) is 0 Å². The Balaban J connectivity index is 0.00000107. The summed E-state index contributed by atoms with van der Waals surface area (Å²) in [7, 11) is 0. The number of pyridine rings is 1. The van der Waals surface area contributed by atoms with E-state index in [0.717, 1.165) is 30.0 Å². The van der Waals surface area contributed by atoms with Gasteiger partial charge in [0, 0.05) is 11.6 Å². The molecule has 1 aliphatic heterocycles. The van der Waals surface area contributed by atoms with E-state index in [9.17, 15) is 5.26 Å². The van der Waals surface area contributed by atoms with Gasteiger partial charge in [-0.05, 0) is 63.2 Å². The van der Waals surface area contributed by atoms with Crippen molar-refractivity contribution in [2.24, 2.45) is 0 Å². The molecule has 0 aliphatic carbocycles. The minimum atomic E-state index is 0.135. The number of benzene rings is 1. The van der Waals surface area contributed by atoms with Gasteiger partial charge in [-0.15, -0.1) is 5.10 Å². The van der Waals surface area contributed by atoms with Crippen LogP contribution in [0.1, 0.15) is 49.2 Å². The molecule has 5 rings (SSSR count). The standard InChI is InChI=1S/C26H27N9.CO2/c1-18(34-11-3-2-4-12-34)22-10-6-9-21(29-22)16-35-17-25(32-33-35)24-14-23(30-26(28)31-24)20-8-5-7-19(13-20)15-27;2-1-3/h5-10,13-14,17-18H,2-4,11-12,16H2,1H3,(H2,28,30,31);/t18-;/m1./s1. The summed E-state index contributed by atoms with van der Waals surface area (Å²) in [5, 5.41) is 17.8. The number of anilines is 1. The Bertz CT molecular complexity index is 1470. The van der Waals surface area contributed by atoms with E-state index in [1.54, 1.807) is 22.9 Å². The normalized spacial score (nSPS) is 14.0. The smallest absolute Gasteiger partial charge is 0.368 e. The zero-order chi connectivity index (χ0) is 26.9. The number of hydrogen-bond donors (Lipinski definition) is 1. The molecule has 4 aromatic rings. The lowest BCUT2D eigenvalue weighted by atomic mass is 10.1. The summed E-state index contributed by atoms with van der Waals surface area (Å²) in [5.74, 6) is 0.135. The van der Waals surface area contributed by atoms with Crippen LogP contribution >= 0.6 is 0 Å². The summed E-state index contributed by atoms with van der Waals surface area (Å²) in [5.41, 5.74) is 11.1. The van der Waals surface area contributed by atoms with E-state index in [1.807, 2.05) is 24.4 Å². The summed E-state index contributed by atoms with van der Waals surface area (Å²) >= 11 is 0. The van der Waals surface area contributed by atoms with Gasteiger partial charge in [0.25, 0.3) is 0 Å². The maximum atomic E-state index is 9.20. The van der Waals surface area contributed by atoms with Gasteiger partial charge in [0.2, 0.25) is 5.95 Å². The Morgan fingerprint density at radius 3 is 2.47 bits per heavy atom. The second-order valence-corrected chi connectivity index (χ2v) is 8.90. The third-order valence-corrected chi connectivity index (χ3v) is 6.35. The van der Waals surface area contributed by atoms with E-state index in [-0.39, 0.29) is 12.1 Å². The molecule has 11 heteroatoms. The highest BCUT2D eigenvalue weighted by Crippen LogP contribution is 2.25. The summed E-state index contributed by atoms with van der Waals surface area (Å²) in [4.78, 5) is 32.3. The first kappa shape index (κ1) is 26.3. The molecule has 11 nitrogen and oxygen atoms in total. The topological polar surface area (TPSA) is 157 Å². The van der Waals surface area contributed by atoms with E-state index in [4.69, 9.17) is 20.3 Å². The van der Waals surface area contributed by atoms with Crippen molar-refractivity contribution in [2.75, 3.05) is 18.8 Å². The van der Waals surface area contributed by atoms with Crippen LogP contribution in [0, 0.1) is 11.3 Å². The minimum Gasteiger partial charge on any atom is -0.368 e. The molecule has 1 saturated heterocycles. The highest BCUT2D eigenvalue weighted by atomic mass is 16.2. The number of aromatic nitrogens is 6. The fourth-order valence-corrected chi connectivity index (χ4v) is 4.46. The molecule has 0 amide bonds. The predicted octanol–water partition coefficient (Wildman–Crippen LogP) is 3.26. The first-order valence-electron chi connectivity index (χ1n) is 12.3. The number of rotatable bonds is 6. The number of nitriles is 1. The van der Waals surface area contributed by atoms with Crippen LogP contribution in [-0.2, 0) is 16.1 Å². The van der Waals surface area contributed by atoms with Crippen LogP contribution in [0.15, 0.2) is 54.7 Å². The Labute approximate surface area is 220 Å². The number of nitrogens with zero attached hydrogens (tertiary/aromatic N) is 8. The van der Waals surface area contributed by atoms with Crippen LogP contribution < -0.4 is 5.73 Å². The molecule has 38 heavy (non-hydrogen) atoms. The van der Waals surface area contributed by atoms with Gasteiger partial charge in [-0.3, -0.25) is 9.88 Å². The van der Waals surface area contributed by atoms with Crippen molar-refractivity contribution in [1.82, 2.24) is 34.8 Å². The van der Waals surface area contributed by atoms with Gasteiger partial charge >= 0.3 is 6.15 Å². The number of hydrogen-bond acceptors (Lipinski definition) is 10. The first-order chi connectivity index (χ1) is 18.5. The van der Waals surface area contributed by atoms with E-state index < -0.39 is 0 Å². The zero-order valence-electron chi connectivity index (χ0n) is 21.0. The highest BCUT2D eigenvalue weighted by Gasteiger charge is 2.19. The molecule has 0 saturated carbocycles. The van der Waals surface area contributed by atoms with Crippen molar-refractivity contribution in [3.63, 3.8) is 0 Å². The van der Waals surface area contributed by atoms with E-state index in [1.165, 1.54) is 19.3 Å². The average molecular weight is 510 g/mol. The van der Waals surface area contributed by atoms with Gasteiger partial charge in [-0.1, -0.05) is 29.8 Å². The lowest BCUT2D eigenvalue weighted by molar-refractivity contribution is -0.191. The minimum absolute atomic E-state index is 0.135. The van der Waals surface area contributed by atoms with Gasteiger partial charge < -0.3 is 5.73 Å². The predicted molar refractivity (Wildman–Crippen MR) is 138 cm³/mol. The van der Waals surface area contributed by atoms with Crippen molar-refractivity contribution in [3.8, 4) is 28.7 Å². The van der Waals surface area contributed by atoms with Crippen molar-refractivity contribution in [1.29, 1.82) is 5.26 Å². The maximum absolute atomic E-state index is 9.20. The second-order valence-electron chi connectivity index (χ2n) is 8.90. The van der Waals surface area contributed by atoms with Crippen LogP contribution in [0.4, 0.5) is 5.95 Å². The van der Waals surface area contributed by atoms with E-state index >= 15 is 0 Å². The van der Waals surface area contributed by atoms with Crippen LogP contribution in [0.25, 0.3) is 22.6 Å². The van der Waals surface area contributed by atoms with Gasteiger partial charge in [-0.25, -0.2) is 14.6 Å². The number of carbonyl (C=O) groups excluding carboxylic acids is 2. The molecule has 2 N–H and O–H groups in total. The van der Waals surface area contributed by atoms with Crippen molar-refractivity contribution in [2.45, 2.75) is 38.8 Å². The van der Waals surface area contributed by atoms with Crippen LogP contribution in [-0.4, -0.2) is 54.1 Å². The van der Waals surface area contributed by atoms with E-state index in [0.29, 0.717) is 35.2 Å². The molecule has 1 fully saturated rings. The lowest BCUT2D eigenvalue weighted by Gasteiger charge is -2.32. The molecule has 0 spiro atoms. The summed E-state index contributed by atoms with van der Waals surface area (Å²) in [6.07, 6.45) is 5.91. The quantitative estimate of drug-likeness (QED) is 0.409. The van der Waals surface area contributed by atoms with Crippen molar-refractivity contribution >= 4 is 12.1 Å². The second kappa shape index (κ2) is 12.5. The molecule has 4 heterocycles. The maximum Gasteiger partial charge on any atom is 0.373 e. The first-order valence-corrected chi connectivity index (χ1v) is 12.3. The van der Waals surface area contributed by atoms with Crippen LogP contribution in [0.5, 0.6) is 0 Å². The SMILES string of the molecule is C[C@H](c1cccc(Cn2cc(-c3cc(-c4cccc(C#N)c4)nc(N)n3)nn2)n1)N1CCCCC1.O=C=O. The van der Waals surface area contributed by atoms with Gasteiger partial charge in [0.05, 0.1) is 47.1 Å². The largest absolute Gasteiger partial charge is 0.373 e. The summed E-state index contributed by atoms with van der Waals surface area (Å²) in [6, 6.07) is 17.6. The number of nitrogens with two attached hydrogens (primary N) is 1. The number of nitrogen functional groups attached to an aromatic ring is 1. The van der Waals surface area contributed by atoms with Crippen molar-refractivity contribution < 1.29 is 9.59 Å². The molecule has 1 atom stereocenters. The molecular weight excluding hydrogens is 482 g/mol. The molecule has 3 aromatic heterocycles. The zero-order valence-corrected chi connectivity index (χ0v) is 21.0. The summed E-state index contributed by atoms with van der Waals surface area (Å²) in [6.45, 7) is 4.99. The molecule has 1 aliphatic rings. The van der Waals surface area contributed by atoms with Crippen LogP contribution in [0.2, 0.25) is 0 Å². The number of likely N-dealkylation sites (tertiary alicyclic amines) is 1. The Morgan fingerprint density at radius 1 is 0.974 bits per heavy atom. The Hall–Kier alpha value is -4.78. The third kappa shape index (κ3) is 6.50. The highest BCUT2D eigenvalue weighted by molar-refractivity contribution is 5.68.